The van der Waals surface area contributed by atoms with Crippen molar-refractivity contribution < 1.29 is 0 Å². The van der Waals surface area contributed by atoms with Crippen LogP contribution in [0.25, 0.3) is 0 Å². The Hall–Kier alpha value is -1.67. The molecule has 1 aliphatic heterocycles. The second-order valence-electron chi connectivity index (χ2n) is 3.72. The van der Waals surface area contributed by atoms with Crippen LogP contribution in [-0.4, -0.2) is 29.8 Å². The molecule has 15 heavy (non-hydrogen) atoms. The standard InChI is InChI=1S/C10H13N5/c11-5-8-2-4-15(7-8)10-9(6-12)1-3-13-14-10/h1,3,8H,2,4-5,7,11H2. The Labute approximate surface area is 88.5 Å². The molecule has 5 nitrogen and oxygen atoms in total. The van der Waals surface area contributed by atoms with E-state index in [0.717, 1.165) is 19.5 Å². The molecule has 0 radical (unpaired) electrons. The van der Waals surface area contributed by atoms with Crippen LogP contribution in [0, 0.1) is 17.2 Å². The monoisotopic (exact) mass is 203 g/mol. The van der Waals surface area contributed by atoms with Gasteiger partial charge < -0.3 is 10.6 Å². The van der Waals surface area contributed by atoms with Gasteiger partial charge in [0.1, 0.15) is 6.07 Å². The van der Waals surface area contributed by atoms with Crippen LogP contribution in [0.2, 0.25) is 0 Å². The van der Waals surface area contributed by atoms with Gasteiger partial charge in [-0.3, -0.25) is 0 Å². The van der Waals surface area contributed by atoms with Gasteiger partial charge in [0, 0.05) is 13.1 Å². The van der Waals surface area contributed by atoms with E-state index in [4.69, 9.17) is 11.0 Å². The first-order valence-electron chi connectivity index (χ1n) is 5.02. The van der Waals surface area contributed by atoms with E-state index in [0.29, 0.717) is 23.8 Å². The number of nitrogens with zero attached hydrogens (tertiary/aromatic N) is 4. The molecule has 0 saturated carbocycles. The van der Waals surface area contributed by atoms with Crippen molar-refractivity contribution in [2.75, 3.05) is 24.5 Å². The van der Waals surface area contributed by atoms with Gasteiger partial charge in [-0.15, -0.1) is 5.10 Å². The Balaban J connectivity index is 2.20. The predicted octanol–water partition coefficient (Wildman–Crippen LogP) is 0.133. The summed E-state index contributed by atoms with van der Waals surface area (Å²) in [6.45, 7) is 2.48. The molecule has 5 heteroatoms. The largest absolute Gasteiger partial charge is 0.354 e. The van der Waals surface area contributed by atoms with Crippen LogP contribution in [0.4, 0.5) is 5.82 Å². The summed E-state index contributed by atoms with van der Waals surface area (Å²) in [7, 11) is 0. The van der Waals surface area contributed by atoms with Crippen LogP contribution >= 0.6 is 0 Å². The maximum atomic E-state index is 8.93. The zero-order chi connectivity index (χ0) is 10.7. The quantitative estimate of drug-likeness (QED) is 0.739. The van der Waals surface area contributed by atoms with E-state index in [2.05, 4.69) is 21.2 Å². The molecule has 1 aliphatic rings. The van der Waals surface area contributed by atoms with Crippen LogP contribution in [0.3, 0.4) is 0 Å². The minimum absolute atomic E-state index is 0.513. The zero-order valence-electron chi connectivity index (χ0n) is 8.43. The van der Waals surface area contributed by atoms with Crippen molar-refractivity contribution in [2.45, 2.75) is 6.42 Å². The van der Waals surface area contributed by atoms with E-state index in [9.17, 15) is 0 Å². The Kier molecular flexibility index (Phi) is 2.79. The van der Waals surface area contributed by atoms with E-state index < -0.39 is 0 Å². The van der Waals surface area contributed by atoms with Crippen LogP contribution in [-0.2, 0) is 0 Å². The minimum atomic E-state index is 0.513. The lowest BCUT2D eigenvalue weighted by Gasteiger charge is -2.17. The van der Waals surface area contributed by atoms with Crippen molar-refractivity contribution in [3.63, 3.8) is 0 Å². The molecule has 0 bridgehead atoms. The molecule has 78 valence electrons. The number of aromatic nitrogens is 2. The van der Waals surface area contributed by atoms with Crippen LogP contribution < -0.4 is 10.6 Å². The number of hydrogen-bond acceptors (Lipinski definition) is 5. The minimum Gasteiger partial charge on any atom is -0.354 e. The van der Waals surface area contributed by atoms with Crippen molar-refractivity contribution in [1.82, 2.24) is 10.2 Å². The molecule has 0 spiro atoms. The molecule has 1 unspecified atom stereocenters. The van der Waals surface area contributed by atoms with Gasteiger partial charge in [0.05, 0.1) is 11.8 Å². The number of anilines is 1. The summed E-state index contributed by atoms with van der Waals surface area (Å²) in [5.74, 6) is 1.20. The van der Waals surface area contributed by atoms with Gasteiger partial charge in [-0.05, 0) is 24.9 Å². The van der Waals surface area contributed by atoms with Gasteiger partial charge in [-0.1, -0.05) is 0 Å². The molecule has 0 aromatic carbocycles. The van der Waals surface area contributed by atoms with Gasteiger partial charge in [0.25, 0.3) is 0 Å². The van der Waals surface area contributed by atoms with Gasteiger partial charge in [0.15, 0.2) is 5.82 Å². The van der Waals surface area contributed by atoms with Crippen molar-refractivity contribution in [2.24, 2.45) is 11.7 Å². The number of rotatable bonds is 2. The molecule has 1 saturated heterocycles. The highest BCUT2D eigenvalue weighted by atomic mass is 15.3. The van der Waals surface area contributed by atoms with E-state index in [1.54, 1.807) is 12.3 Å². The zero-order valence-corrected chi connectivity index (χ0v) is 8.43. The number of hydrogen-bond donors (Lipinski definition) is 1. The topological polar surface area (TPSA) is 78.8 Å². The summed E-state index contributed by atoms with van der Waals surface area (Å²) in [6.07, 6.45) is 2.61. The maximum Gasteiger partial charge on any atom is 0.169 e. The molecule has 1 aromatic heterocycles. The fraction of sp³-hybridized carbons (Fsp3) is 0.500. The Morgan fingerprint density at radius 3 is 3.20 bits per heavy atom. The molecule has 2 rings (SSSR count). The summed E-state index contributed by atoms with van der Waals surface area (Å²) in [4.78, 5) is 2.09. The molecular formula is C10H13N5. The van der Waals surface area contributed by atoms with E-state index >= 15 is 0 Å². The van der Waals surface area contributed by atoms with Gasteiger partial charge in [-0.25, -0.2) is 0 Å². The summed E-state index contributed by atoms with van der Waals surface area (Å²) >= 11 is 0. The molecule has 1 atom stereocenters. The molecule has 1 aromatic rings. The van der Waals surface area contributed by atoms with Crippen molar-refractivity contribution in [3.8, 4) is 6.07 Å². The summed E-state index contributed by atoms with van der Waals surface area (Å²) in [5, 5.41) is 16.8. The average Bonchev–Trinajstić information content (AvgIpc) is 2.77. The summed E-state index contributed by atoms with van der Waals surface area (Å²) in [6, 6.07) is 3.82. The first-order chi connectivity index (χ1) is 7.35. The highest BCUT2D eigenvalue weighted by Crippen LogP contribution is 2.23. The fourth-order valence-corrected chi connectivity index (χ4v) is 1.86. The normalized spacial score (nSPS) is 20.3. The summed E-state index contributed by atoms with van der Waals surface area (Å²) < 4.78 is 0. The fourth-order valence-electron chi connectivity index (χ4n) is 1.86. The van der Waals surface area contributed by atoms with Crippen molar-refractivity contribution >= 4 is 5.82 Å². The molecule has 1 fully saturated rings. The third-order valence-corrected chi connectivity index (χ3v) is 2.74. The number of nitrogens with two attached hydrogens (primary N) is 1. The smallest absolute Gasteiger partial charge is 0.169 e. The average molecular weight is 203 g/mol. The molecule has 0 amide bonds. The Morgan fingerprint density at radius 1 is 1.67 bits per heavy atom. The highest BCUT2D eigenvalue weighted by molar-refractivity contribution is 5.53. The van der Waals surface area contributed by atoms with Crippen LogP contribution in [0.15, 0.2) is 12.3 Å². The highest BCUT2D eigenvalue weighted by Gasteiger charge is 2.24. The van der Waals surface area contributed by atoms with Crippen LogP contribution in [0.5, 0.6) is 0 Å². The summed E-state index contributed by atoms with van der Waals surface area (Å²) in [5.41, 5.74) is 6.20. The third kappa shape index (κ3) is 1.90. The lowest BCUT2D eigenvalue weighted by molar-refractivity contribution is 0.602. The van der Waals surface area contributed by atoms with Crippen molar-refractivity contribution in [3.05, 3.63) is 17.8 Å². The molecule has 0 aliphatic carbocycles. The van der Waals surface area contributed by atoms with E-state index in [-0.39, 0.29) is 0 Å². The molecule has 2 N–H and O–H groups in total. The second kappa shape index (κ2) is 4.24. The second-order valence-corrected chi connectivity index (χ2v) is 3.72. The van der Waals surface area contributed by atoms with Crippen LogP contribution in [0.1, 0.15) is 12.0 Å². The molecular weight excluding hydrogens is 190 g/mol. The molecule has 2 heterocycles. The Bertz CT molecular complexity index is 384. The maximum absolute atomic E-state index is 8.93. The van der Waals surface area contributed by atoms with Crippen molar-refractivity contribution in [1.29, 1.82) is 5.26 Å². The van der Waals surface area contributed by atoms with Gasteiger partial charge >= 0.3 is 0 Å². The lowest BCUT2D eigenvalue weighted by atomic mass is 10.1. The lowest BCUT2D eigenvalue weighted by Crippen LogP contribution is -2.24. The number of nitriles is 1. The van der Waals surface area contributed by atoms with E-state index in [1.165, 1.54) is 0 Å². The first-order valence-corrected chi connectivity index (χ1v) is 5.02. The van der Waals surface area contributed by atoms with Gasteiger partial charge in [-0.2, -0.15) is 10.4 Å². The first kappa shape index (κ1) is 9.87. The SMILES string of the molecule is N#Cc1ccnnc1N1CCC(CN)C1. The Morgan fingerprint density at radius 2 is 2.53 bits per heavy atom. The predicted molar refractivity (Wildman–Crippen MR) is 56.1 cm³/mol. The van der Waals surface area contributed by atoms with Gasteiger partial charge in [0.2, 0.25) is 0 Å². The van der Waals surface area contributed by atoms with E-state index in [1.807, 2.05) is 0 Å². The third-order valence-electron chi connectivity index (χ3n) is 2.74.